The van der Waals surface area contributed by atoms with E-state index in [2.05, 4.69) is 139 Å². The zero-order valence-electron chi connectivity index (χ0n) is 32.0. The molecular formula is C44H60N4O. The number of ether oxygens (including phenoxy) is 1. The maximum Gasteiger partial charge on any atom is 0.122 e. The Morgan fingerprint density at radius 2 is 1.80 bits per heavy atom. The molecule has 1 atom stereocenters. The molecule has 3 aliphatic rings. The second-order valence-corrected chi connectivity index (χ2v) is 16.3. The molecule has 5 nitrogen and oxygen atoms in total. The van der Waals surface area contributed by atoms with Gasteiger partial charge in [0.1, 0.15) is 5.75 Å². The number of benzene rings is 2. The molecule has 0 bridgehead atoms. The first-order valence-electron chi connectivity index (χ1n) is 18.4. The average Bonchev–Trinajstić information content (AvgIpc) is 3.06. The van der Waals surface area contributed by atoms with Crippen molar-refractivity contribution in [1.29, 1.82) is 5.26 Å². The van der Waals surface area contributed by atoms with Crippen molar-refractivity contribution in [3.05, 3.63) is 105 Å². The van der Waals surface area contributed by atoms with E-state index in [0.29, 0.717) is 18.4 Å². The van der Waals surface area contributed by atoms with E-state index in [1.54, 1.807) is 0 Å². The van der Waals surface area contributed by atoms with Gasteiger partial charge in [0.25, 0.3) is 0 Å². The van der Waals surface area contributed by atoms with Crippen LogP contribution in [0.3, 0.4) is 0 Å². The van der Waals surface area contributed by atoms with Crippen molar-refractivity contribution in [1.82, 2.24) is 14.7 Å². The second kappa shape index (κ2) is 15.1. The molecule has 1 unspecified atom stereocenters. The van der Waals surface area contributed by atoms with Crippen molar-refractivity contribution in [2.45, 2.75) is 100 Å². The minimum absolute atomic E-state index is 0.00169. The van der Waals surface area contributed by atoms with Gasteiger partial charge in [-0.05, 0) is 122 Å². The fraction of sp³-hybridized carbons (Fsp3) is 0.523. The summed E-state index contributed by atoms with van der Waals surface area (Å²) in [5.74, 6) is 2.08. The minimum atomic E-state index is -0.00169. The lowest BCUT2D eigenvalue weighted by Crippen LogP contribution is -2.36. The average molecular weight is 661 g/mol. The third-order valence-electron chi connectivity index (χ3n) is 11.1. The van der Waals surface area contributed by atoms with Gasteiger partial charge < -0.3 is 9.64 Å². The molecule has 2 aromatic rings. The molecule has 0 amide bonds. The van der Waals surface area contributed by atoms with E-state index >= 15 is 0 Å². The van der Waals surface area contributed by atoms with Gasteiger partial charge in [-0.1, -0.05) is 71.5 Å². The highest BCUT2D eigenvalue weighted by atomic mass is 16.5. The van der Waals surface area contributed by atoms with Crippen molar-refractivity contribution in [2.24, 2.45) is 11.3 Å². The molecule has 0 N–H and O–H groups in total. The maximum atomic E-state index is 9.79. The SMILES string of the molecule is C=C1C(C)=C(C)C(c2cc(C)c(CN3CCC(COc4cccc5c4CCN(C/C(C#N)=C/C(C)(C)C)C5C)CC3)c(C(C)C)c2)=CN1C. The highest BCUT2D eigenvalue weighted by molar-refractivity contribution is 5.82. The van der Waals surface area contributed by atoms with Crippen molar-refractivity contribution in [3.63, 3.8) is 0 Å². The quantitative estimate of drug-likeness (QED) is 0.251. The molecule has 3 aliphatic heterocycles. The first-order valence-corrected chi connectivity index (χ1v) is 18.4. The number of likely N-dealkylation sites (N-methyl/N-ethyl adjacent to an activating group) is 1. The Morgan fingerprint density at radius 3 is 2.45 bits per heavy atom. The zero-order valence-corrected chi connectivity index (χ0v) is 32.0. The van der Waals surface area contributed by atoms with Crippen LogP contribution < -0.4 is 4.74 Å². The Hall–Kier alpha value is -3.59. The molecule has 2 aromatic carbocycles. The second-order valence-electron chi connectivity index (χ2n) is 16.3. The van der Waals surface area contributed by atoms with E-state index in [9.17, 15) is 5.26 Å². The van der Waals surface area contributed by atoms with Gasteiger partial charge in [-0.3, -0.25) is 9.80 Å². The van der Waals surface area contributed by atoms with Crippen molar-refractivity contribution < 1.29 is 4.74 Å². The van der Waals surface area contributed by atoms with Gasteiger partial charge in [0, 0.05) is 61.3 Å². The van der Waals surface area contributed by atoms with Crippen LogP contribution >= 0.6 is 0 Å². The van der Waals surface area contributed by atoms with E-state index in [4.69, 9.17) is 4.74 Å². The normalized spacial score (nSPS) is 20.1. The predicted octanol–water partition coefficient (Wildman–Crippen LogP) is 9.96. The molecule has 5 heteroatoms. The van der Waals surface area contributed by atoms with E-state index in [1.165, 1.54) is 50.1 Å². The Kier molecular flexibility index (Phi) is 11.3. The number of piperidine rings is 1. The minimum Gasteiger partial charge on any atom is -0.493 e. The molecule has 0 saturated carbocycles. The van der Waals surface area contributed by atoms with Crippen LogP contribution in [0.15, 0.2) is 71.6 Å². The number of aryl methyl sites for hydroxylation is 1. The van der Waals surface area contributed by atoms with Crippen LogP contribution in [-0.4, -0.2) is 54.5 Å². The highest BCUT2D eigenvalue weighted by Gasteiger charge is 2.28. The van der Waals surface area contributed by atoms with Gasteiger partial charge >= 0.3 is 0 Å². The van der Waals surface area contributed by atoms with Crippen LogP contribution in [0.25, 0.3) is 5.57 Å². The predicted molar refractivity (Wildman–Crippen MR) is 205 cm³/mol. The molecule has 0 aromatic heterocycles. The molecule has 0 spiro atoms. The first-order chi connectivity index (χ1) is 23.2. The van der Waals surface area contributed by atoms with Crippen LogP contribution in [0, 0.1) is 29.6 Å². The monoisotopic (exact) mass is 660 g/mol. The van der Waals surface area contributed by atoms with E-state index in [0.717, 1.165) is 69.1 Å². The van der Waals surface area contributed by atoms with Gasteiger partial charge in [0.2, 0.25) is 0 Å². The summed E-state index contributed by atoms with van der Waals surface area (Å²) < 4.78 is 6.60. The maximum absolute atomic E-state index is 9.79. The van der Waals surface area contributed by atoms with Crippen molar-refractivity contribution >= 4 is 5.57 Å². The van der Waals surface area contributed by atoms with Crippen LogP contribution in [0.5, 0.6) is 5.75 Å². The molecule has 262 valence electrons. The van der Waals surface area contributed by atoms with E-state index in [-0.39, 0.29) is 11.5 Å². The Labute approximate surface area is 297 Å². The third kappa shape index (κ3) is 8.42. The smallest absolute Gasteiger partial charge is 0.122 e. The van der Waals surface area contributed by atoms with Crippen molar-refractivity contribution in [2.75, 3.05) is 39.8 Å². The van der Waals surface area contributed by atoms with Crippen LogP contribution in [0.4, 0.5) is 0 Å². The lowest BCUT2D eigenvalue weighted by atomic mass is 9.85. The van der Waals surface area contributed by atoms with E-state index in [1.807, 2.05) is 0 Å². The molecule has 49 heavy (non-hydrogen) atoms. The topological polar surface area (TPSA) is 42.7 Å². The number of hydrogen-bond donors (Lipinski definition) is 0. The fourth-order valence-electron chi connectivity index (χ4n) is 7.91. The largest absolute Gasteiger partial charge is 0.493 e. The number of likely N-dealkylation sites (tertiary alicyclic amines) is 1. The summed E-state index contributed by atoms with van der Waals surface area (Å²) in [7, 11) is 2.10. The van der Waals surface area contributed by atoms with Gasteiger partial charge in [0.05, 0.1) is 12.7 Å². The van der Waals surface area contributed by atoms with Gasteiger partial charge in [-0.2, -0.15) is 5.26 Å². The summed E-state index contributed by atoms with van der Waals surface area (Å²) in [6.07, 6.45) is 7.65. The Morgan fingerprint density at radius 1 is 1.08 bits per heavy atom. The van der Waals surface area contributed by atoms with Gasteiger partial charge in [0.15, 0.2) is 0 Å². The van der Waals surface area contributed by atoms with Gasteiger partial charge in [-0.25, -0.2) is 0 Å². The summed E-state index contributed by atoms with van der Waals surface area (Å²) in [5.41, 5.74) is 14.2. The number of allylic oxidation sites excluding steroid dienone is 4. The van der Waals surface area contributed by atoms with Crippen LogP contribution in [-0.2, 0) is 13.0 Å². The standard InChI is InChI=1S/C44H60N4O/c1-29(2)40-22-37(42-26-46(11)33(6)31(4)32(42)5)21-30(3)41(40)27-47-18-15-35(16-19-47)28-49-43-14-12-13-38-34(7)48(20-17-39(38)43)25-36(24-45)23-44(8,9)10/h12-14,21-23,26,29,34-35H,6,15-20,25,27-28H2,1-5,7-11H3/b36-23+. The lowest BCUT2D eigenvalue weighted by molar-refractivity contribution is 0.135. The highest BCUT2D eigenvalue weighted by Crippen LogP contribution is 2.38. The van der Waals surface area contributed by atoms with Crippen molar-refractivity contribution in [3.8, 4) is 11.8 Å². The van der Waals surface area contributed by atoms with Crippen LogP contribution in [0.1, 0.15) is 114 Å². The summed E-state index contributed by atoms with van der Waals surface area (Å²) >= 11 is 0. The molecule has 5 rings (SSSR count). The first kappa shape index (κ1) is 36.7. The summed E-state index contributed by atoms with van der Waals surface area (Å²) in [4.78, 5) is 7.25. The molecule has 0 radical (unpaired) electrons. The molecule has 0 aliphatic carbocycles. The molecule has 1 saturated heterocycles. The zero-order chi connectivity index (χ0) is 35.6. The Bertz CT molecular complexity index is 1690. The molecular weight excluding hydrogens is 601 g/mol. The summed E-state index contributed by atoms with van der Waals surface area (Å²) in [6.45, 7) is 30.0. The van der Waals surface area contributed by atoms with Gasteiger partial charge in [-0.15, -0.1) is 0 Å². The fourth-order valence-corrected chi connectivity index (χ4v) is 7.91. The third-order valence-corrected chi connectivity index (χ3v) is 11.1. The number of fused-ring (bicyclic) bond motifs is 1. The molecule has 1 fully saturated rings. The lowest BCUT2D eigenvalue weighted by Gasteiger charge is -2.36. The Balaban J connectivity index is 1.20. The summed E-state index contributed by atoms with van der Waals surface area (Å²) in [5, 5.41) is 9.79. The number of hydrogen-bond acceptors (Lipinski definition) is 5. The summed E-state index contributed by atoms with van der Waals surface area (Å²) in [6, 6.07) is 14.1. The number of nitriles is 1. The number of rotatable bonds is 9. The molecule has 3 heterocycles. The van der Waals surface area contributed by atoms with E-state index < -0.39 is 0 Å². The number of nitrogens with zero attached hydrogens (tertiary/aromatic N) is 4. The van der Waals surface area contributed by atoms with Crippen LogP contribution in [0.2, 0.25) is 0 Å².